The van der Waals surface area contributed by atoms with Crippen molar-refractivity contribution < 1.29 is 37.4 Å². The van der Waals surface area contributed by atoms with Crippen molar-refractivity contribution in [2.45, 2.75) is 25.9 Å². The third kappa shape index (κ3) is 5.11. The van der Waals surface area contributed by atoms with Gasteiger partial charge in [-0.05, 0) is 43.3 Å². The van der Waals surface area contributed by atoms with Crippen LogP contribution in [0.2, 0.25) is 0 Å². The molecular weight excluding hydrogens is 463 g/mol. The number of carbonyl (C=O) groups is 3. The fraction of sp³-hybridized carbons (Fsp3) is 0.261. The summed E-state index contributed by atoms with van der Waals surface area (Å²) in [6, 6.07) is 9.23. The molecule has 0 spiro atoms. The number of carbonyl (C=O) groups excluding carboxylic acids is 3. The van der Waals surface area contributed by atoms with E-state index >= 15 is 0 Å². The number of urea groups is 1. The third-order valence-electron chi connectivity index (χ3n) is 5.04. The highest BCUT2D eigenvalue weighted by Gasteiger charge is 2.52. The minimum Gasteiger partial charge on any atom is -0.467 e. The van der Waals surface area contributed by atoms with E-state index in [1.165, 1.54) is 36.4 Å². The summed E-state index contributed by atoms with van der Waals surface area (Å²) in [7, 11) is 0. The number of halogens is 1. The normalized spacial score (nSPS) is 14.9. The Labute approximate surface area is 198 Å². The molecule has 0 saturated carbocycles. The third-order valence-corrected chi connectivity index (χ3v) is 5.04. The zero-order valence-electron chi connectivity index (χ0n) is 18.8. The molecule has 1 aliphatic heterocycles. The predicted molar refractivity (Wildman–Crippen MR) is 117 cm³/mol. The number of hydrogen-bond acceptors (Lipinski definition) is 9. The highest BCUT2D eigenvalue weighted by Crippen LogP contribution is 2.30. The van der Waals surface area contributed by atoms with Gasteiger partial charge in [-0.15, -0.1) is 10.2 Å². The van der Waals surface area contributed by atoms with Crippen LogP contribution in [0.1, 0.15) is 19.2 Å². The van der Waals surface area contributed by atoms with Gasteiger partial charge in [-0.25, -0.2) is 9.18 Å². The summed E-state index contributed by atoms with van der Waals surface area (Å²) in [6.07, 6.45) is -0.116. The molecule has 2 heterocycles. The fourth-order valence-electron chi connectivity index (χ4n) is 3.32. The SMILES string of the molecule is CCOCCC1(Oc2ccc(Oc3ccc(-c4nnc(C)o4)c(F)c3)cc2)C(=O)NC(=O)NC1=O. The topological polar surface area (TPSA) is 142 Å². The van der Waals surface area contributed by atoms with Crippen molar-refractivity contribution in [3.05, 3.63) is 54.2 Å². The zero-order chi connectivity index (χ0) is 25.0. The molecule has 1 saturated heterocycles. The molecule has 0 aliphatic carbocycles. The van der Waals surface area contributed by atoms with Crippen LogP contribution < -0.4 is 20.1 Å². The number of rotatable bonds is 9. The largest absolute Gasteiger partial charge is 0.467 e. The van der Waals surface area contributed by atoms with Gasteiger partial charge < -0.3 is 18.6 Å². The molecule has 35 heavy (non-hydrogen) atoms. The van der Waals surface area contributed by atoms with Gasteiger partial charge >= 0.3 is 6.03 Å². The molecule has 182 valence electrons. The highest BCUT2D eigenvalue weighted by atomic mass is 19.1. The number of aromatic nitrogens is 2. The van der Waals surface area contributed by atoms with Crippen molar-refractivity contribution in [1.82, 2.24) is 20.8 Å². The standard InChI is InChI=1S/C23H21FN4O7/c1-3-32-11-10-23(20(29)25-22(31)26-21(23)30)35-15-6-4-14(5-7-15)34-16-8-9-17(18(24)12-16)19-28-27-13(2)33-19/h4-9,12H,3,10-11H2,1-2H3,(H2,25,26,29,30,31). The van der Waals surface area contributed by atoms with Gasteiger partial charge in [0.2, 0.25) is 5.89 Å². The first-order valence-corrected chi connectivity index (χ1v) is 10.6. The van der Waals surface area contributed by atoms with E-state index in [0.717, 1.165) is 0 Å². The first kappa shape index (κ1) is 23.8. The summed E-state index contributed by atoms with van der Waals surface area (Å²) < 4.78 is 36.4. The second kappa shape index (κ2) is 9.89. The van der Waals surface area contributed by atoms with Crippen molar-refractivity contribution in [3.8, 4) is 28.7 Å². The highest BCUT2D eigenvalue weighted by molar-refractivity contribution is 6.21. The molecule has 4 amide bonds. The summed E-state index contributed by atoms with van der Waals surface area (Å²) in [5.74, 6) is -1.28. The second-order valence-corrected chi connectivity index (χ2v) is 7.45. The first-order chi connectivity index (χ1) is 16.8. The van der Waals surface area contributed by atoms with Crippen LogP contribution >= 0.6 is 0 Å². The predicted octanol–water partition coefficient (Wildman–Crippen LogP) is 2.89. The van der Waals surface area contributed by atoms with E-state index < -0.39 is 29.3 Å². The van der Waals surface area contributed by atoms with Crippen LogP contribution in [0.5, 0.6) is 17.2 Å². The molecule has 0 unspecified atom stereocenters. The Bertz CT molecular complexity index is 1240. The Morgan fingerprint density at radius 3 is 2.23 bits per heavy atom. The van der Waals surface area contributed by atoms with Crippen LogP contribution in [-0.2, 0) is 14.3 Å². The maximum Gasteiger partial charge on any atom is 0.328 e. The van der Waals surface area contributed by atoms with Gasteiger partial charge in [-0.3, -0.25) is 20.2 Å². The number of amides is 4. The van der Waals surface area contributed by atoms with Gasteiger partial charge in [0.05, 0.1) is 12.2 Å². The first-order valence-electron chi connectivity index (χ1n) is 10.6. The second-order valence-electron chi connectivity index (χ2n) is 7.45. The smallest absolute Gasteiger partial charge is 0.328 e. The quantitative estimate of drug-likeness (QED) is 0.346. The van der Waals surface area contributed by atoms with Crippen molar-refractivity contribution in [2.75, 3.05) is 13.2 Å². The van der Waals surface area contributed by atoms with Crippen molar-refractivity contribution in [2.24, 2.45) is 0 Å². The Balaban J connectivity index is 1.48. The molecular formula is C23H21FN4O7. The lowest BCUT2D eigenvalue weighted by Crippen LogP contribution is -2.69. The zero-order valence-corrected chi connectivity index (χ0v) is 18.8. The average Bonchev–Trinajstić information content (AvgIpc) is 3.24. The van der Waals surface area contributed by atoms with Gasteiger partial charge in [-0.2, -0.15) is 0 Å². The van der Waals surface area contributed by atoms with Crippen LogP contribution in [0.3, 0.4) is 0 Å². The molecule has 12 heteroatoms. The number of nitrogens with one attached hydrogen (secondary N) is 2. The molecule has 0 bridgehead atoms. The van der Waals surface area contributed by atoms with Crippen molar-refractivity contribution >= 4 is 17.8 Å². The van der Waals surface area contributed by atoms with Gasteiger partial charge in [0.1, 0.15) is 23.1 Å². The van der Waals surface area contributed by atoms with Crippen molar-refractivity contribution in [1.29, 1.82) is 0 Å². The Hall–Kier alpha value is -4.32. The minimum absolute atomic E-state index is 0.0530. The van der Waals surface area contributed by atoms with Gasteiger partial charge in [0.15, 0.2) is 0 Å². The van der Waals surface area contributed by atoms with E-state index in [4.69, 9.17) is 18.6 Å². The van der Waals surface area contributed by atoms with Gasteiger partial charge in [-0.1, -0.05) is 0 Å². The van der Waals surface area contributed by atoms with Crippen LogP contribution in [0, 0.1) is 12.7 Å². The number of nitrogens with zero attached hydrogens (tertiary/aromatic N) is 2. The van der Waals surface area contributed by atoms with Crippen LogP contribution in [0.15, 0.2) is 46.9 Å². The minimum atomic E-state index is -1.99. The van der Waals surface area contributed by atoms with E-state index in [9.17, 15) is 18.8 Å². The van der Waals surface area contributed by atoms with E-state index in [-0.39, 0.29) is 36.0 Å². The maximum absolute atomic E-state index is 14.5. The molecule has 2 aromatic carbocycles. The van der Waals surface area contributed by atoms with Crippen LogP contribution in [0.4, 0.5) is 9.18 Å². The summed E-state index contributed by atoms with van der Waals surface area (Å²) in [5, 5.41) is 11.6. The lowest BCUT2D eigenvalue weighted by molar-refractivity contribution is -0.153. The number of ether oxygens (including phenoxy) is 3. The molecule has 0 radical (unpaired) electrons. The maximum atomic E-state index is 14.5. The average molecular weight is 484 g/mol. The number of hydrogen-bond donors (Lipinski definition) is 2. The monoisotopic (exact) mass is 484 g/mol. The molecule has 4 rings (SSSR count). The van der Waals surface area contributed by atoms with Crippen molar-refractivity contribution in [3.63, 3.8) is 0 Å². The molecule has 1 aliphatic rings. The van der Waals surface area contributed by atoms with Crippen LogP contribution in [0.25, 0.3) is 11.5 Å². The Morgan fingerprint density at radius 2 is 1.63 bits per heavy atom. The summed E-state index contributed by atoms with van der Waals surface area (Å²) in [4.78, 5) is 36.6. The van der Waals surface area contributed by atoms with Gasteiger partial charge in [0, 0.05) is 26.0 Å². The van der Waals surface area contributed by atoms with E-state index in [1.807, 2.05) is 10.6 Å². The van der Waals surface area contributed by atoms with Crippen LogP contribution in [-0.4, -0.2) is 46.9 Å². The number of aryl methyl sites for hydroxylation is 1. The van der Waals surface area contributed by atoms with Gasteiger partial charge in [0.25, 0.3) is 23.3 Å². The summed E-state index contributed by atoms with van der Waals surface area (Å²) in [5.41, 5.74) is -1.85. The molecule has 3 aromatic rings. The Kier molecular flexibility index (Phi) is 6.73. The van der Waals surface area contributed by atoms with E-state index in [2.05, 4.69) is 10.2 Å². The summed E-state index contributed by atoms with van der Waals surface area (Å²) in [6.45, 7) is 3.80. The molecule has 0 atom stereocenters. The fourth-order valence-corrected chi connectivity index (χ4v) is 3.32. The summed E-state index contributed by atoms with van der Waals surface area (Å²) >= 11 is 0. The number of imide groups is 2. The Morgan fingerprint density at radius 1 is 0.971 bits per heavy atom. The number of benzene rings is 2. The number of barbiturate groups is 1. The molecule has 1 fully saturated rings. The lowest BCUT2D eigenvalue weighted by atomic mass is 9.95. The molecule has 2 N–H and O–H groups in total. The molecule has 1 aromatic heterocycles. The lowest BCUT2D eigenvalue weighted by Gasteiger charge is -2.34. The van der Waals surface area contributed by atoms with E-state index in [0.29, 0.717) is 18.2 Å². The molecule has 11 nitrogen and oxygen atoms in total. The van der Waals surface area contributed by atoms with E-state index in [1.54, 1.807) is 19.9 Å².